The molecule has 0 aliphatic heterocycles. The lowest BCUT2D eigenvalue weighted by atomic mass is 10.2. The number of amides is 2. The summed E-state index contributed by atoms with van der Waals surface area (Å²) in [5.41, 5.74) is 0.872. The number of carbonyl (C=O) groups is 2. The van der Waals surface area contributed by atoms with Gasteiger partial charge in [0.15, 0.2) is 0 Å². The number of rotatable bonds is 4. The summed E-state index contributed by atoms with van der Waals surface area (Å²) in [6, 6.07) is 9.75. The van der Waals surface area contributed by atoms with Gasteiger partial charge in [0, 0.05) is 11.7 Å². The monoisotopic (exact) mass is 349 g/mol. The van der Waals surface area contributed by atoms with Crippen LogP contribution < -0.4 is 10.6 Å². The van der Waals surface area contributed by atoms with E-state index in [1.54, 1.807) is 36.4 Å². The van der Waals surface area contributed by atoms with Crippen molar-refractivity contribution >= 4 is 40.7 Å². The molecule has 1 saturated carbocycles. The second kappa shape index (κ2) is 6.56. The van der Waals surface area contributed by atoms with Crippen LogP contribution >= 0.6 is 23.2 Å². The summed E-state index contributed by atoms with van der Waals surface area (Å²) < 4.78 is 0. The Kier molecular flexibility index (Phi) is 4.50. The summed E-state index contributed by atoms with van der Waals surface area (Å²) in [6.07, 6.45) is 1.98. The summed E-state index contributed by atoms with van der Waals surface area (Å²) in [7, 11) is 0. The maximum Gasteiger partial charge on any atom is 0.274 e. The predicted molar refractivity (Wildman–Crippen MR) is 89.1 cm³/mol. The van der Waals surface area contributed by atoms with Gasteiger partial charge in [0.2, 0.25) is 0 Å². The molecular weight excluding hydrogens is 337 g/mol. The molecule has 0 radical (unpaired) electrons. The third-order valence-electron chi connectivity index (χ3n) is 3.30. The Morgan fingerprint density at radius 3 is 2.35 bits per heavy atom. The van der Waals surface area contributed by atoms with Gasteiger partial charge in [-0.25, -0.2) is 4.98 Å². The van der Waals surface area contributed by atoms with E-state index in [-0.39, 0.29) is 23.3 Å². The van der Waals surface area contributed by atoms with Gasteiger partial charge in [-0.2, -0.15) is 0 Å². The number of carbonyl (C=O) groups excluding carboxylic acids is 2. The maximum absolute atomic E-state index is 12.2. The SMILES string of the molecule is O=C(Nc1ccc(Cl)c(Cl)c1)c1cccc(C(=O)NC2CC2)n1. The number of halogens is 2. The first-order valence-electron chi connectivity index (χ1n) is 7.07. The third kappa shape index (κ3) is 4.00. The number of nitrogens with one attached hydrogen (secondary N) is 2. The molecule has 0 spiro atoms. The Balaban J connectivity index is 1.73. The second-order valence-corrected chi connectivity index (χ2v) is 6.05. The van der Waals surface area contributed by atoms with Crippen molar-refractivity contribution in [2.75, 3.05) is 5.32 Å². The van der Waals surface area contributed by atoms with Crippen LogP contribution in [0, 0.1) is 0 Å². The highest BCUT2D eigenvalue weighted by atomic mass is 35.5. The molecule has 0 saturated heterocycles. The number of benzene rings is 1. The van der Waals surface area contributed by atoms with E-state index in [9.17, 15) is 9.59 Å². The third-order valence-corrected chi connectivity index (χ3v) is 4.04. The van der Waals surface area contributed by atoms with Crippen molar-refractivity contribution in [1.29, 1.82) is 0 Å². The van der Waals surface area contributed by atoms with Gasteiger partial charge in [-0.3, -0.25) is 9.59 Å². The predicted octanol–water partition coefficient (Wildman–Crippen LogP) is 3.53. The highest BCUT2D eigenvalue weighted by molar-refractivity contribution is 6.42. The molecule has 3 rings (SSSR count). The fourth-order valence-corrected chi connectivity index (χ4v) is 2.24. The van der Waals surface area contributed by atoms with Crippen LogP contribution in [-0.2, 0) is 0 Å². The highest BCUT2D eigenvalue weighted by Gasteiger charge is 2.24. The summed E-state index contributed by atoms with van der Waals surface area (Å²) in [5.74, 6) is -0.693. The molecule has 1 aromatic heterocycles. The highest BCUT2D eigenvalue weighted by Crippen LogP contribution is 2.25. The van der Waals surface area contributed by atoms with Crippen molar-refractivity contribution < 1.29 is 9.59 Å². The number of nitrogens with zero attached hydrogens (tertiary/aromatic N) is 1. The van der Waals surface area contributed by atoms with E-state index >= 15 is 0 Å². The van der Waals surface area contributed by atoms with Gasteiger partial charge in [0.05, 0.1) is 10.0 Å². The van der Waals surface area contributed by atoms with Crippen molar-refractivity contribution in [1.82, 2.24) is 10.3 Å². The number of pyridine rings is 1. The fraction of sp³-hybridized carbons (Fsp3) is 0.188. The van der Waals surface area contributed by atoms with Gasteiger partial charge in [0.25, 0.3) is 11.8 Å². The van der Waals surface area contributed by atoms with Crippen molar-refractivity contribution in [3.63, 3.8) is 0 Å². The summed E-state index contributed by atoms with van der Waals surface area (Å²) in [5, 5.41) is 6.25. The molecule has 0 unspecified atom stereocenters. The average molecular weight is 350 g/mol. The van der Waals surface area contributed by atoms with Gasteiger partial charge >= 0.3 is 0 Å². The zero-order chi connectivity index (χ0) is 16.4. The molecule has 23 heavy (non-hydrogen) atoms. The van der Waals surface area contributed by atoms with Gasteiger partial charge in [0.1, 0.15) is 11.4 Å². The largest absolute Gasteiger partial charge is 0.348 e. The summed E-state index contributed by atoms with van der Waals surface area (Å²) in [4.78, 5) is 28.3. The molecule has 118 valence electrons. The lowest BCUT2D eigenvalue weighted by molar-refractivity contribution is 0.0946. The standard InChI is InChI=1S/C16H13Cl2N3O2/c17-11-7-6-10(8-12(11)18)20-16(23)14-3-1-2-13(21-14)15(22)19-9-4-5-9/h1-3,6-9H,4-5H2,(H,19,22)(H,20,23). The molecule has 1 aliphatic carbocycles. The Morgan fingerprint density at radius 2 is 1.70 bits per heavy atom. The van der Waals surface area contributed by atoms with E-state index in [2.05, 4.69) is 15.6 Å². The van der Waals surface area contributed by atoms with Crippen molar-refractivity contribution in [3.8, 4) is 0 Å². The molecule has 0 atom stereocenters. The first-order valence-corrected chi connectivity index (χ1v) is 7.83. The molecule has 1 aliphatic rings. The molecule has 1 aromatic carbocycles. The minimum absolute atomic E-state index is 0.152. The molecule has 2 N–H and O–H groups in total. The van der Waals surface area contributed by atoms with Gasteiger partial charge in [-0.1, -0.05) is 29.3 Å². The summed E-state index contributed by atoms with van der Waals surface area (Å²) >= 11 is 11.7. The lowest BCUT2D eigenvalue weighted by Crippen LogP contribution is -2.27. The Bertz CT molecular complexity index is 776. The van der Waals surface area contributed by atoms with Crippen LogP contribution in [0.25, 0.3) is 0 Å². The van der Waals surface area contributed by atoms with E-state index in [0.717, 1.165) is 12.8 Å². The molecule has 0 bridgehead atoms. The lowest BCUT2D eigenvalue weighted by Gasteiger charge is -2.07. The first-order chi connectivity index (χ1) is 11.0. The topological polar surface area (TPSA) is 71.1 Å². The van der Waals surface area contributed by atoms with Crippen LogP contribution in [-0.4, -0.2) is 22.8 Å². The van der Waals surface area contributed by atoms with Crippen LogP contribution in [0.5, 0.6) is 0 Å². The zero-order valence-corrected chi connectivity index (χ0v) is 13.5. The molecule has 7 heteroatoms. The van der Waals surface area contributed by atoms with Crippen LogP contribution in [0.15, 0.2) is 36.4 Å². The van der Waals surface area contributed by atoms with E-state index in [0.29, 0.717) is 15.7 Å². The molecule has 1 fully saturated rings. The smallest absolute Gasteiger partial charge is 0.274 e. The van der Waals surface area contributed by atoms with Crippen molar-refractivity contribution in [2.24, 2.45) is 0 Å². The zero-order valence-electron chi connectivity index (χ0n) is 12.0. The van der Waals surface area contributed by atoms with E-state index in [4.69, 9.17) is 23.2 Å². The Morgan fingerprint density at radius 1 is 1.00 bits per heavy atom. The van der Waals surface area contributed by atoms with E-state index in [1.807, 2.05) is 0 Å². The summed E-state index contributed by atoms with van der Waals surface area (Å²) in [6.45, 7) is 0. The normalized spacial score (nSPS) is 13.5. The molecule has 1 heterocycles. The van der Waals surface area contributed by atoms with Crippen LogP contribution in [0.1, 0.15) is 33.8 Å². The van der Waals surface area contributed by atoms with Gasteiger partial charge < -0.3 is 10.6 Å². The number of hydrogen-bond acceptors (Lipinski definition) is 3. The maximum atomic E-state index is 12.2. The molecule has 2 aromatic rings. The molecule has 2 amide bonds. The minimum Gasteiger partial charge on any atom is -0.348 e. The van der Waals surface area contributed by atoms with Crippen LogP contribution in [0.3, 0.4) is 0 Å². The fourth-order valence-electron chi connectivity index (χ4n) is 1.94. The van der Waals surface area contributed by atoms with Crippen LogP contribution in [0.2, 0.25) is 10.0 Å². The number of anilines is 1. The van der Waals surface area contributed by atoms with Crippen LogP contribution in [0.4, 0.5) is 5.69 Å². The van der Waals surface area contributed by atoms with E-state index < -0.39 is 5.91 Å². The van der Waals surface area contributed by atoms with Gasteiger partial charge in [-0.15, -0.1) is 0 Å². The Hall–Kier alpha value is -2.11. The van der Waals surface area contributed by atoms with Crippen molar-refractivity contribution in [2.45, 2.75) is 18.9 Å². The second-order valence-electron chi connectivity index (χ2n) is 5.24. The van der Waals surface area contributed by atoms with Gasteiger partial charge in [-0.05, 0) is 43.2 Å². The molecular formula is C16H13Cl2N3O2. The first kappa shape index (κ1) is 15.8. The Labute approximate surface area is 143 Å². The number of hydrogen-bond donors (Lipinski definition) is 2. The van der Waals surface area contributed by atoms with E-state index in [1.165, 1.54) is 0 Å². The molecule has 5 nitrogen and oxygen atoms in total. The van der Waals surface area contributed by atoms with Crippen molar-refractivity contribution in [3.05, 3.63) is 57.8 Å². The average Bonchev–Trinajstić information content (AvgIpc) is 3.35. The number of aromatic nitrogens is 1. The minimum atomic E-state index is -0.426. The quantitative estimate of drug-likeness (QED) is 0.886.